The molecule has 0 spiro atoms. The summed E-state index contributed by atoms with van der Waals surface area (Å²) in [5.41, 5.74) is 2.59. The number of nitriles is 1. The number of nitrogens with two attached hydrogens (primary N) is 1. The first kappa shape index (κ1) is 22.9. The maximum Gasteiger partial charge on any atom is 0.238 e. The first-order valence-electron chi connectivity index (χ1n) is 11.1. The summed E-state index contributed by atoms with van der Waals surface area (Å²) in [6.07, 6.45) is 7.93. The van der Waals surface area contributed by atoms with E-state index in [1.807, 2.05) is 0 Å². The average molecular weight is 472 g/mol. The number of thiophene rings is 1. The third kappa shape index (κ3) is 5.38. The molecule has 0 amide bonds. The molecule has 1 aromatic heterocycles. The van der Waals surface area contributed by atoms with Crippen molar-refractivity contribution in [3.63, 3.8) is 0 Å². The van der Waals surface area contributed by atoms with Gasteiger partial charge in [-0.15, -0.1) is 11.3 Å². The predicted octanol–water partition coefficient (Wildman–Crippen LogP) is 3.84. The summed E-state index contributed by atoms with van der Waals surface area (Å²) in [5.74, 6) is 1.06. The summed E-state index contributed by atoms with van der Waals surface area (Å²) < 4.78 is 22.8. The van der Waals surface area contributed by atoms with Crippen LogP contribution >= 0.6 is 11.3 Å². The number of anilines is 1. The van der Waals surface area contributed by atoms with Gasteiger partial charge in [0.25, 0.3) is 0 Å². The van der Waals surface area contributed by atoms with Crippen molar-refractivity contribution in [3.8, 4) is 6.07 Å². The second-order valence-electron chi connectivity index (χ2n) is 8.78. The van der Waals surface area contributed by atoms with Crippen molar-refractivity contribution in [2.75, 3.05) is 18.4 Å². The molecule has 0 bridgehead atoms. The van der Waals surface area contributed by atoms with Crippen LogP contribution in [0.4, 0.5) is 5.00 Å². The van der Waals surface area contributed by atoms with Crippen molar-refractivity contribution in [3.05, 3.63) is 45.8 Å². The van der Waals surface area contributed by atoms with Gasteiger partial charge in [-0.05, 0) is 48.4 Å². The number of fused-ring (bicyclic) bond motifs is 1. The van der Waals surface area contributed by atoms with E-state index in [-0.39, 0.29) is 10.7 Å². The number of benzene rings is 1. The zero-order valence-corrected chi connectivity index (χ0v) is 19.7. The van der Waals surface area contributed by atoms with Crippen molar-refractivity contribution in [1.82, 2.24) is 4.90 Å². The number of hydrogen-bond acceptors (Lipinski definition) is 6. The Morgan fingerprint density at radius 1 is 1.25 bits per heavy atom. The van der Waals surface area contributed by atoms with Crippen molar-refractivity contribution in [2.45, 2.75) is 56.4 Å². The smallest absolute Gasteiger partial charge is 0.238 e. The average Bonchev–Trinajstić information content (AvgIpc) is 3.10. The molecule has 4 rings (SSSR count). The number of primary sulfonamides is 1. The van der Waals surface area contributed by atoms with E-state index >= 15 is 0 Å². The van der Waals surface area contributed by atoms with E-state index in [0.717, 1.165) is 48.1 Å². The van der Waals surface area contributed by atoms with E-state index in [9.17, 15) is 13.7 Å². The van der Waals surface area contributed by atoms with E-state index < -0.39 is 10.0 Å². The molecule has 7 nitrogen and oxygen atoms in total. The second kappa shape index (κ2) is 9.71. The largest absolute Gasteiger partial charge is 0.335 e. The van der Waals surface area contributed by atoms with Gasteiger partial charge in [0.05, 0.1) is 10.5 Å². The van der Waals surface area contributed by atoms with Crippen LogP contribution in [-0.2, 0) is 29.4 Å². The van der Waals surface area contributed by atoms with Gasteiger partial charge in [0, 0.05) is 30.9 Å². The second-order valence-corrected chi connectivity index (χ2v) is 11.4. The zero-order chi connectivity index (χ0) is 22.7. The molecule has 2 aromatic rings. The molecule has 1 fully saturated rings. The van der Waals surface area contributed by atoms with Gasteiger partial charge in [-0.1, -0.05) is 31.4 Å². The van der Waals surface area contributed by atoms with Crippen LogP contribution in [0.25, 0.3) is 0 Å². The van der Waals surface area contributed by atoms with Crippen LogP contribution in [-0.4, -0.2) is 32.2 Å². The van der Waals surface area contributed by atoms with Crippen LogP contribution in [0, 0.1) is 22.7 Å². The van der Waals surface area contributed by atoms with Crippen molar-refractivity contribution in [2.24, 2.45) is 11.1 Å². The third-order valence-electron chi connectivity index (χ3n) is 6.39. The highest BCUT2D eigenvalue weighted by Crippen LogP contribution is 2.37. The molecule has 2 aliphatic rings. The Morgan fingerprint density at radius 3 is 2.62 bits per heavy atom. The molecule has 0 radical (unpaired) electrons. The van der Waals surface area contributed by atoms with Crippen molar-refractivity contribution >= 4 is 32.2 Å². The van der Waals surface area contributed by atoms with Gasteiger partial charge in [-0.2, -0.15) is 5.26 Å². The summed E-state index contributed by atoms with van der Waals surface area (Å²) in [7, 11) is -3.73. The van der Waals surface area contributed by atoms with Crippen LogP contribution in [0.1, 0.15) is 53.7 Å². The lowest BCUT2D eigenvalue weighted by molar-refractivity contribution is 0.189. The molecular weight excluding hydrogens is 442 g/mol. The van der Waals surface area contributed by atoms with Gasteiger partial charge in [-0.3, -0.25) is 10.3 Å². The van der Waals surface area contributed by atoms with Crippen LogP contribution < -0.4 is 10.5 Å². The molecule has 0 atom stereocenters. The molecule has 4 N–H and O–H groups in total. The lowest BCUT2D eigenvalue weighted by Gasteiger charge is -2.32. The lowest BCUT2D eigenvalue weighted by Crippen LogP contribution is -2.34. The van der Waals surface area contributed by atoms with Gasteiger partial charge in [-0.25, -0.2) is 13.6 Å². The maximum atomic E-state index is 11.4. The number of amidine groups is 1. The fraction of sp³-hybridized carbons (Fsp3) is 0.478. The molecule has 9 heteroatoms. The van der Waals surface area contributed by atoms with E-state index in [1.54, 1.807) is 23.5 Å². The number of nitrogens with zero attached hydrogens (tertiary/aromatic N) is 2. The van der Waals surface area contributed by atoms with Crippen LogP contribution in [0.2, 0.25) is 0 Å². The Morgan fingerprint density at radius 2 is 1.97 bits per heavy atom. The monoisotopic (exact) mass is 471 g/mol. The quantitative estimate of drug-likeness (QED) is 0.436. The molecule has 170 valence electrons. The maximum absolute atomic E-state index is 11.4. The highest BCUT2D eigenvalue weighted by molar-refractivity contribution is 7.89. The Labute approximate surface area is 193 Å². The van der Waals surface area contributed by atoms with Crippen LogP contribution in [0.5, 0.6) is 0 Å². The van der Waals surface area contributed by atoms with Crippen molar-refractivity contribution in [1.29, 1.82) is 10.7 Å². The van der Waals surface area contributed by atoms with Crippen molar-refractivity contribution < 1.29 is 8.42 Å². The number of nitrogens with one attached hydrogen (secondary N) is 2. The Hall–Kier alpha value is -2.25. The zero-order valence-electron chi connectivity index (χ0n) is 18.1. The summed E-state index contributed by atoms with van der Waals surface area (Å²) in [4.78, 5) is 3.81. The van der Waals surface area contributed by atoms with E-state index in [0.29, 0.717) is 12.0 Å². The molecule has 1 aliphatic heterocycles. The Bertz CT molecular complexity index is 1130. The van der Waals surface area contributed by atoms with E-state index in [1.165, 1.54) is 49.1 Å². The normalized spacial score (nSPS) is 17.5. The minimum atomic E-state index is -3.73. The molecule has 0 saturated heterocycles. The van der Waals surface area contributed by atoms with Crippen LogP contribution in [0.3, 0.4) is 0 Å². The van der Waals surface area contributed by atoms with Crippen LogP contribution in [0.15, 0.2) is 29.2 Å². The van der Waals surface area contributed by atoms with Gasteiger partial charge in [0.15, 0.2) is 0 Å². The fourth-order valence-electron chi connectivity index (χ4n) is 4.74. The molecule has 32 heavy (non-hydrogen) atoms. The molecule has 1 aromatic carbocycles. The minimum Gasteiger partial charge on any atom is -0.335 e. The molecular formula is C23H29N5O2S2. The third-order valence-corrected chi connectivity index (χ3v) is 8.45. The predicted molar refractivity (Wildman–Crippen MR) is 127 cm³/mol. The van der Waals surface area contributed by atoms with Gasteiger partial charge < -0.3 is 5.32 Å². The summed E-state index contributed by atoms with van der Waals surface area (Å²) in [6, 6.07) is 8.55. The SMILES string of the molecule is N#Cc1c(NC(=N)Cc2ccc(S(N)(=O)=O)cc2)sc2c1CCN(CC1CCCCC1)C2. The Kier molecular flexibility index (Phi) is 6.96. The summed E-state index contributed by atoms with van der Waals surface area (Å²) >= 11 is 1.59. The highest BCUT2D eigenvalue weighted by Gasteiger charge is 2.26. The molecule has 2 heterocycles. The van der Waals surface area contributed by atoms with Gasteiger partial charge >= 0.3 is 0 Å². The number of hydrogen-bond donors (Lipinski definition) is 3. The summed E-state index contributed by atoms with van der Waals surface area (Å²) in [5, 5.41) is 27.1. The molecule has 0 unspecified atom stereocenters. The minimum absolute atomic E-state index is 0.0521. The summed E-state index contributed by atoms with van der Waals surface area (Å²) in [6.45, 7) is 3.02. The van der Waals surface area contributed by atoms with E-state index in [2.05, 4.69) is 16.3 Å². The first-order valence-corrected chi connectivity index (χ1v) is 13.4. The molecule has 1 aliphatic carbocycles. The fourth-order valence-corrected chi connectivity index (χ4v) is 6.52. The number of rotatable bonds is 6. The highest BCUT2D eigenvalue weighted by atomic mass is 32.2. The van der Waals surface area contributed by atoms with Gasteiger partial charge in [0.2, 0.25) is 10.0 Å². The first-order chi connectivity index (χ1) is 15.3. The van der Waals surface area contributed by atoms with E-state index in [4.69, 9.17) is 10.5 Å². The molecule has 1 saturated carbocycles. The Balaban J connectivity index is 1.41. The topological polar surface area (TPSA) is 123 Å². The lowest BCUT2D eigenvalue weighted by atomic mass is 9.88. The standard InChI is InChI=1S/C23H29N5O2S2/c24-13-20-19-10-11-28(14-17-4-2-1-3-5-17)15-21(19)31-23(20)27-22(25)12-16-6-8-18(9-7-16)32(26,29)30/h6-9,17H,1-5,10-12,14-15H2,(H2,25,27)(H2,26,29,30). The van der Waals surface area contributed by atoms with Gasteiger partial charge in [0.1, 0.15) is 16.9 Å². The number of sulfonamides is 1.